The number of piperidine rings is 1. The van der Waals surface area contributed by atoms with Crippen molar-refractivity contribution in [3.8, 4) is 0 Å². The minimum atomic E-state index is -0.490. The van der Waals surface area contributed by atoms with Gasteiger partial charge in [0.1, 0.15) is 5.60 Å². The Morgan fingerprint density at radius 2 is 2.05 bits per heavy atom. The SMILES string of the molecule is C=CCN(C1CC1)C1CC(CO)CN(C(=O)OC(C)(C)C)C1. The van der Waals surface area contributed by atoms with Crippen LogP contribution >= 0.6 is 0 Å². The summed E-state index contributed by atoms with van der Waals surface area (Å²) < 4.78 is 5.50. The van der Waals surface area contributed by atoms with Crippen LogP contribution in [-0.4, -0.2) is 64.9 Å². The van der Waals surface area contributed by atoms with Gasteiger partial charge in [-0.05, 0) is 40.0 Å². The standard InChI is InChI=1S/C17H30N2O3/c1-5-8-19(14-6-7-14)15-9-13(12-20)10-18(11-15)16(21)22-17(2,3)4/h5,13-15,20H,1,6-12H2,2-4H3. The van der Waals surface area contributed by atoms with Crippen LogP contribution in [0.2, 0.25) is 0 Å². The van der Waals surface area contributed by atoms with Crippen molar-refractivity contribution in [2.45, 2.75) is 57.7 Å². The van der Waals surface area contributed by atoms with Crippen molar-refractivity contribution >= 4 is 6.09 Å². The highest BCUT2D eigenvalue weighted by Crippen LogP contribution is 2.32. The molecule has 1 heterocycles. The molecule has 2 unspecified atom stereocenters. The summed E-state index contributed by atoms with van der Waals surface area (Å²) in [5.41, 5.74) is -0.490. The highest BCUT2D eigenvalue weighted by molar-refractivity contribution is 5.68. The molecule has 1 aliphatic heterocycles. The van der Waals surface area contributed by atoms with Crippen LogP contribution in [0.15, 0.2) is 12.7 Å². The maximum atomic E-state index is 12.4. The summed E-state index contributed by atoms with van der Waals surface area (Å²) in [6, 6.07) is 0.893. The van der Waals surface area contributed by atoms with Crippen molar-refractivity contribution < 1.29 is 14.6 Å². The molecule has 1 N–H and O–H groups in total. The Bertz CT molecular complexity index is 401. The molecule has 1 saturated carbocycles. The van der Waals surface area contributed by atoms with E-state index >= 15 is 0 Å². The molecule has 1 aliphatic carbocycles. The lowest BCUT2D eigenvalue weighted by atomic mass is 9.94. The predicted octanol–water partition coefficient (Wildman–Crippen LogP) is 2.25. The minimum Gasteiger partial charge on any atom is -0.444 e. The van der Waals surface area contributed by atoms with E-state index in [0.29, 0.717) is 19.1 Å². The first-order valence-electron chi connectivity index (χ1n) is 8.29. The third-order valence-corrected chi connectivity index (χ3v) is 4.25. The average molecular weight is 310 g/mol. The number of ether oxygens (including phenoxy) is 1. The predicted molar refractivity (Wildman–Crippen MR) is 86.7 cm³/mol. The molecule has 0 aromatic carbocycles. The molecule has 2 aliphatic rings. The van der Waals surface area contributed by atoms with Crippen LogP contribution < -0.4 is 0 Å². The largest absolute Gasteiger partial charge is 0.444 e. The zero-order valence-corrected chi connectivity index (χ0v) is 14.1. The smallest absolute Gasteiger partial charge is 0.410 e. The van der Waals surface area contributed by atoms with Crippen molar-refractivity contribution in [3.05, 3.63) is 12.7 Å². The van der Waals surface area contributed by atoms with Gasteiger partial charge in [0.25, 0.3) is 0 Å². The topological polar surface area (TPSA) is 53.0 Å². The van der Waals surface area contributed by atoms with Crippen molar-refractivity contribution in [1.29, 1.82) is 0 Å². The van der Waals surface area contributed by atoms with E-state index in [4.69, 9.17) is 4.74 Å². The fraction of sp³-hybridized carbons (Fsp3) is 0.824. The van der Waals surface area contributed by atoms with Crippen molar-refractivity contribution in [3.63, 3.8) is 0 Å². The Labute approximate surface area is 133 Å². The summed E-state index contributed by atoms with van der Waals surface area (Å²) in [4.78, 5) is 16.6. The molecular formula is C17H30N2O3. The average Bonchev–Trinajstić information content (AvgIpc) is 3.26. The summed E-state index contributed by atoms with van der Waals surface area (Å²) in [5, 5.41) is 9.59. The fourth-order valence-corrected chi connectivity index (χ4v) is 3.17. The van der Waals surface area contributed by atoms with Gasteiger partial charge in [0.15, 0.2) is 0 Å². The Balaban J connectivity index is 2.05. The molecule has 0 aromatic rings. The minimum absolute atomic E-state index is 0.113. The summed E-state index contributed by atoms with van der Waals surface area (Å²) in [6.45, 7) is 11.7. The number of carbonyl (C=O) groups excluding carboxylic acids is 1. The Morgan fingerprint density at radius 3 is 2.55 bits per heavy atom. The monoisotopic (exact) mass is 310 g/mol. The lowest BCUT2D eigenvalue weighted by Gasteiger charge is -2.42. The van der Waals surface area contributed by atoms with Crippen LogP contribution in [0.1, 0.15) is 40.0 Å². The number of carbonyl (C=O) groups is 1. The zero-order valence-electron chi connectivity index (χ0n) is 14.1. The molecule has 22 heavy (non-hydrogen) atoms. The van der Waals surface area contributed by atoms with Gasteiger partial charge < -0.3 is 14.7 Å². The van der Waals surface area contributed by atoms with Gasteiger partial charge in [-0.3, -0.25) is 4.90 Å². The second kappa shape index (κ2) is 7.01. The molecule has 2 rings (SSSR count). The lowest BCUT2D eigenvalue weighted by molar-refractivity contribution is -0.00387. The molecule has 2 fully saturated rings. The van der Waals surface area contributed by atoms with Crippen molar-refractivity contribution in [2.75, 3.05) is 26.2 Å². The number of likely N-dealkylation sites (tertiary alicyclic amines) is 1. The van der Waals surface area contributed by atoms with Crippen molar-refractivity contribution in [1.82, 2.24) is 9.80 Å². The van der Waals surface area contributed by atoms with Crippen LogP contribution in [0.3, 0.4) is 0 Å². The second-order valence-corrected chi connectivity index (χ2v) is 7.54. The Morgan fingerprint density at radius 1 is 1.36 bits per heavy atom. The zero-order chi connectivity index (χ0) is 16.3. The second-order valence-electron chi connectivity index (χ2n) is 7.54. The van der Waals surface area contributed by atoms with Gasteiger partial charge in [-0.1, -0.05) is 6.08 Å². The van der Waals surface area contributed by atoms with Gasteiger partial charge in [0.05, 0.1) is 0 Å². The Hall–Kier alpha value is -1.07. The van der Waals surface area contributed by atoms with E-state index in [1.807, 2.05) is 26.8 Å². The van der Waals surface area contributed by atoms with E-state index < -0.39 is 5.60 Å². The number of nitrogens with zero attached hydrogens (tertiary/aromatic N) is 2. The molecule has 5 heteroatoms. The van der Waals surface area contributed by atoms with Gasteiger partial charge in [-0.2, -0.15) is 0 Å². The first-order chi connectivity index (χ1) is 10.3. The van der Waals surface area contributed by atoms with Crippen LogP contribution in [-0.2, 0) is 4.74 Å². The normalized spacial score (nSPS) is 26.1. The number of rotatable bonds is 5. The van der Waals surface area contributed by atoms with Gasteiger partial charge in [0.2, 0.25) is 0 Å². The number of hydrogen-bond donors (Lipinski definition) is 1. The summed E-state index contributed by atoms with van der Waals surface area (Å²) in [6.07, 6.45) is 5.03. The third kappa shape index (κ3) is 4.71. The van der Waals surface area contributed by atoms with Crippen LogP contribution in [0.4, 0.5) is 4.79 Å². The van der Waals surface area contributed by atoms with E-state index in [-0.39, 0.29) is 24.7 Å². The number of aliphatic hydroxyl groups is 1. The van der Waals surface area contributed by atoms with E-state index in [9.17, 15) is 9.90 Å². The molecule has 5 nitrogen and oxygen atoms in total. The van der Waals surface area contributed by atoms with Gasteiger partial charge in [0, 0.05) is 44.2 Å². The molecule has 1 amide bonds. The highest BCUT2D eigenvalue weighted by atomic mass is 16.6. The number of aliphatic hydroxyl groups excluding tert-OH is 1. The maximum absolute atomic E-state index is 12.4. The number of hydrogen-bond acceptors (Lipinski definition) is 4. The summed E-state index contributed by atoms with van der Waals surface area (Å²) in [7, 11) is 0. The van der Waals surface area contributed by atoms with Crippen LogP contribution in [0, 0.1) is 5.92 Å². The van der Waals surface area contributed by atoms with Crippen molar-refractivity contribution in [2.24, 2.45) is 5.92 Å². The molecule has 2 atom stereocenters. The Kier molecular flexibility index (Phi) is 5.50. The highest BCUT2D eigenvalue weighted by Gasteiger charge is 2.39. The maximum Gasteiger partial charge on any atom is 0.410 e. The fourth-order valence-electron chi connectivity index (χ4n) is 3.17. The van der Waals surface area contributed by atoms with Gasteiger partial charge in [-0.25, -0.2) is 4.79 Å². The molecule has 0 spiro atoms. The van der Waals surface area contributed by atoms with E-state index in [0.717, 1.165) is 13.0 Å². The molecular weight excluding hydrogens is 280 g/mol. The lowest BCUT2D eigenvalue weighted by Crippen LogP contribution is -2.54. The van der Waals surface area contributed by atoms with Crippen LogP contribution in [0.25, 0.3) is 0 Å². The molecule has 0 aromatic heterocycles. The first kappa shape index (κ1) is 17.3. The first-order valence-corrected chi connectivity index (χ1v) is 8.29. The molecule has 1 saturated heterocycles. The summed E-state index contributed by atoms with van der Waals surface area (Å²) in [5.74, 6) is 0.123. The molecule has 0 bridgehead atoms. The van der Waals surface area contributed by atoms with Crippen LogP contribution in [0.5, 0.6) is 0 Å². The van der Waals surface area contributed by atoms with Gasteiger partial charge >= 0.3 is 6.09 Å². The number of amides is 1. The quantitative estimate of drug-likeness (QED) is 0.791. The van der Waals surface area contributed by atoms with E-state index in [1.165, 1.54) is 12.8 Å². The van der Waals surface area contributed by atoms with E-state index in [2.05, 4.69) is 11.5 Å². The van der Waals surface area contributed by atoms with Gasteiger partial charge in [-0.15, -0.1) is 6.58 Å². The summed E-state index contributed by atoms with van der Waals surface area (Å²) >= 11 is 0. The molecule has 0 radical (unpaired) electrons. The van der Waals surface area contributed by atoms with E-state index in [1.54, 1.807) is 4.90 Å². The third-order valence-electron chi connectivity index (χ3n) is 4.25. The molecule has 126 valence electrons.